The van der Waals surface area contributed by atoms with Crippen molar-refractivity contribution in [3.63, 3.8) is 0 Å². The molecule has 2 saturated heterocycles. The van der Waals surface area contributed by atoms with Crippen LogP contribution in [0.15, 0.2) is 15.8 Å². The summed E-state index contributed by atoms with van der Waals surface area (Å²) in [5.74, 6) is 0.806. The Morgan fingerprint density at radius 2 is 2.08 bits per heavy atom. The van der Waals surface area contributed by atoms with E-state index in [0.717, 1.165) is 0 Å². The lowest BCUT2D eigenvalue weighted by Crippen LogP contribution is -2.58. The summed E-state index contributed by atoms with van der Waals surface area (Å²) in [5, 5.41) is 8.88. The normalized spacial score (nSPS) is 20.6. The number of nitrogens with one attached hydrogen (secondary N) is 1. The van der Waals surface area contributed by atoms with Crippen LogP contribution in [-0.4, -0.2) is 61.9 Å². The molecule has 0 aromatic carbocycles. The van der Waals surface area contributed by atoms with Crippen LogP contribution in [0.2, 0.25) is 0 Å². The molecule has 0 unspecified atom stereocenters. The number of H-pyrrole nitrogens is 1. The highest BCUT2D eigenvalue weighted by atomic mass is 32.2. The van der Waals surface area contributed by atoms with Crippen LogP contribution in [0, 0.1) is 11.3 Å². The lowest BCUT2D eigenvalue weighted by atomic mass is 10.1. The Bertz CT molecular complexity index is 848. The number of carbonyl (C=O) groups excluding carboxylic acids is 2. The number of hydrogen-bond donors (Lipinski definition) is 1. The molecule has 126 valence electrons. The van der Waals surface area contributed by atoms with Gasteiger partial charge >= 0.3 is 5.69 Å². The van der Waals surface area contributed by atoms with E-state index in [1.54, 1.807) is 15.9 Å². The molecule has 24 heavy (non-hydrogen) atoms. The Kier molecular flexibility index (Phi) is 4.19. The van der Waals surface area contributed by atoms with Gasteiger partial charge < -0.3 is 9.80 Å². The Balaban J connectivity index is 1.71. The summed E-state index contributed by atoms with van der Waals surface area (Å²) >= 11 is 1.53. The van der Waals surface area contributed by atoms with Gasteiger partial charge in [0, 0.05) is 32.0 Å². The van der Waals surface area contributed by atoms with E-state index in [1.165, 1.54) is 29.4 Å². The predicted molar refractivity (Wildman–Crippen MR) is 85.3 cm³/mol. The summed E-state index contributed by atoms with van der Waals surface area (Å²) in [6, 6.07) is 0.983. The molecule has 0 bridgehead atoms. The monoisotopic (exact) mass is 349 g/mol. The van der Waals surface area contributed by atoms with Crippen molar-refractivity contribution in [2.24, 2.45) is 0 Å². The van der Waals surface area contributed by atoms with Crippen LogP contribution >= 0.6 is 11.8 Å². The zero-order chi connectivity index (χ0) is 17.4. The van der Waals surface area contributed by atoms with Crippen molar-refractivity contribution in [3.05, 3.63) is 32.6 Å². The lowest BCUT2D eigenvalue weighted by molar-refractivity contribution is -0.146. The summed E-state index contributed by atoms with van der Waals surface area (Å²) in [6.45, 7) is 2.06. The van der Waals surface area contributed by atoms with Crippen LogP contribution in [-0.2, 0) is 9.59 Å². The maximum Gasteiger partial charge on any atom is 0.328 e. The quantitative estimate of drug-likeness (QED) is 0.710. The van der Waals surface area contributed by atoms with E-state index in [0.29, 0.717) is 24.7 Å². The first kappa shape index (κ1) is 16.3. The van der Waals surface area contributed by atoms with Gasteiger partial charge in [-0.15, -0.1) is 11.8 Å². The smallest absolute Gasteiger partial charge is 0.328 e. The molecule has 0 spiro atoms. The van der Waals surface area contributed by atoms with Crippen LogP contribution in [0.5, 0.6) is 0 Å². The van der Waals surface area contributed by atoms with Crippen LogP contribution in [0.25, 0.3) is 0 Å². The molecule has 3 rings (SSSR count). The minimum absolute atomic E-state index is 0.133. The maximum atomic E-state index is 12.5. The predicted octanol–water partition coefficient (Wildman–Crippen LogP) is -1.29. The van der Waals surface area contributed by atoms with Crippen molar-refractivity contribution in [2.45, 2.75) is 19.0 Å². The summed E-state index contributed by atoms with van der Waals surface area (Å²) < 4.78 is 1.27. The number of aromatic amines is 1. The largest absolute Gasteiger partial charge is 0.337 e. The van der Waals surface area contributed by atoms with E-state index >= 15 is 0 Å². The molecule has 10 heteroatoms. The number of aromatic nitrogens is 2. The van der Waals surface area contributed by atoms with Crippen LogP contribution < -0.4 is 11.2 Å². The molecule has 1 atom stereocenters. The molecule has 9 nitrogen and oxygen atoms in total. The number of hydrogen-bond acceptors (Lipinski definition) is 6. The van der Waals surface area contributed by atoms with Crippen LogP contribution in [0.1, 0.15) is 18.5 Å². The van der Waals surface area contributed by atoms with E-state index in [1.807, 2.05) is 0 Å². The highest BCUT2D eigenvalue weighted by Gasteiger charge is 2.41. The van der Waals surface area contributed by atoms with Gasteiger partial charge in [-0.05, 0) is 0 Å². The Labute approximate surface area is 140 Å². The third-order valence-corrected chi connectivity index (χ3v) is 5.24. The Morgan fingerprint density at radius 3 is 2.71 bits per heavy atom. The Hall–Kier alpha value is -2.54. The number of carbonyl (C=O) groups is 2. The summed E-state index contributed by atoms with van der Waals surface area (Å²) in [4.78, 5) is 52.5. The van der Waals surface area contributed by atoms with Crippen molar-refractivity contribution >= 4 is 23.6 Å². The number of nitrogens with zero attached hydrogens (tertiary/aromatic N) is 4. The number of thioether (sulfide) groups is 1. The third kappa shape index (κ3) is 2.71. The average Bonchev–Trinajstić information content (AvgIpc) is 2.97. The summed E-state index contributed by atoms with van der Waals surface area (Å²) in [5.41, 5.74) is -1.46. The minimum atomic E-state index is -0.717. The maximum absolute atomic E-state index is 12.5. The fraction of sp³-hybridized carbons (Fsp3) is 0.500. The molecular weight excluding hydrogens is 334 g/mol. The minimum Gasteiger partial charge on any atom is -0.337 e. The molecule has 3 heterocycles. The van der Waals surface area contributed by atoms with Crippen molar-refractivity contribution in [2.75, 3.05) is 24.7 Å². The van der Waals surface area contributed by atoms with Crippen molar-refractivity contribution in [1.29, 1.82) is 5.26 Å². The van der Waals surface area contributed by atoms with Crippen LogP contribution in [0.4, 0.5) is 0 Å². The topological polar surface area (TPSA) is 119 Å². The molecule has 0 aliphatic carbocycles. The van der Waals surface area contributed by atoms with E-state index in [2.05, 4.69) is 4.98 Å². The lowest BCUT2D eigenvalue weighted by Gasteiger charge is -2.42. The number of rotatable bonds is 2. The standard InChI is InChI=1S/C14H15N5O4S/c1-8(20)19-7-24-6-11(19)13(22)17-4-10(5-17)18-3-9(2-15)12(21)16-14(18)23/h3,10-11H,4-7H2,1H3,(H,16,21,23)/t11-/m0/s1. The van der Waals surface area contributed by atoms with Gasteiger partial charge in [0.2, 0.25) is 11.8 Å². The molecule has 2 fully saturated rings. The zero-order valence-electron chi connectivity index (χ0n) is 12.9. The second kappa shape index (κ2) is 6.16. The molecule has 2 aliphatic rings. The van der Waals surface area contributed by atoms with Gasteiger partial charge in [-0.3, -0.25) is 23.9 Å². The highest BCUT2D eigenvalue weighted by Crippen LogP contribution is 2.27. The molecule has 0 saturated carbocycles. The van der Waals surface area contributed by atoms with E-state index < -0.39 is 17.3 Å². The fourth-order valence-electron chi connectivity index (χ4n) is 2.82. The number of nitriles is 1. The molecule has 1 aromatic rings. The van der Waals surface area contributed by atoms with E-state index in [-0.39, 0.29) is 23.4 Å². The van der Waals surface area contributed by atoms with Crippen molar-refractivity contribution in [1.82, 2.24) is 19.4 Å². The summed E-state index contributed by atoms with van der Waals surface area (Å²) in [7, 11) is 0. The molecule has 2 amide bonds. The van der Waals surface area contributed by atoms with E-state index in [4.69, 9.17) is 5.26 Å². The Morgan fingerprint density at radius 1 is 1.38 bits per heavy atom. The molecule has 0 radical (unpaired) electrons. The first-order chi connectivity index (χ1) is 11.4. The second-order valence-corrected chi connectivity index (χ2v) is 6.72. The first-order valence-corrected chi connectivity index (χ1v) is 8.47. The van der Waals surface area contributed by atoms with Gasteiger partial charge in [0.05, 0.1) is 11.9 Å². The molecule has 2 aliphatic heterocycles. The van der Waals surface area contributed by atoms with Gasteiger partial charge in [-0.1, -0.05) is 0 Å². The zero-order valence-corrected chi connectivity index (χ0v) is 13.7. The van der Waals surface area contributed by atoms with Gasteiger partial charge in [-0.2, -0.15) is 5.26 Å². The third-order valence-electron chi connectivity index (χ3n) is 4.23. The van der Waals surface area contributed by atoms with Crippen molar-refractivity contribution in [3.8, 4) is 6.07 Å². The number of amides is 2. The SMILES string of the molecule is CC(=O)N1CSC[C@H]1C(=O)N1CC(n2cc(C#N)c(=O)[nH]c2=O)C1. The molecular formula is C14H15N5O4S. The number of likely N-dealkylation sites (tertiary alicyclic amines) is 1. The first-order valence-electron chi connectivity index (χ1n) is 7.31. The van der Waals surface area contributed by atoms with Gasteiger partial charge in [0.25, 0.3) is 5.56 Å². The molecule has 1 N–H and O–H groups in total. The molecule has 1 aromatic heterocycles. The van der Waals surface area contributed by atoms with Gasteiger partial charge in [-0.25, -0.2) is 4.79 Å². The van der Waals surface area contributed by atoms with Gasteiger partial charge in [0.15, 0.2) is 0 Å². The van der Waals surface area contributed by atoms with Crippen LogP contribution in [0.3, 0.4) is 0 Å². The van der Waals surface area contributed by atoms with Crippen molar-refractivity contribution < 1.29 is 9.59 Å². The highest BCUT2D eigenvalue weighted by molar-refractivity contribution is 7.99. The van der Waals surface area contributed by atoms with Gasteiger partial charge in [0.1, 0.15) is 17.7 Å². The average molecular weight is 349 g/mol. The summed E-state index contributed by atoms with van der Waals surface area (Å²) in [6.07, 6.45) is 1.22. The fourth-order valence-corrected chi connectivity index (χ4v) is 4.03. The van der Waals surface area contributed by atoms with E-state index in [9.17, 15) is 19.2 Å². The second-order valence-electron chi connectivity index (χ2n) is 5.72.